The van der Waals surface area contributed by atoms with Crippen molar-refractivity contribution in [2.24, 2.45) is 0 Å². The molecule has 4 amide bonds. The lowest BCUT2D eigenvalue weighted by Crippen LogP contribution is -2.49. The Kier molecular flexibility index (Phi) is 5.07. The van der Waals surface area contributed by atoms with Gasteiger partial charge in [-0.05, 0) is 30.9 Å². The van der Waals surface area contributed by atoms with Gasteiger partial charge in [0, 0.05) is 25.7 Å². The van der Waals surface area contributed by atoms with E-state index in [4.69, 9.17) is 4.74 Å². The molecule has 0 radical (unpaired) electrons. The van der Waals surface area contributed by atoms with E-state index in [0.29, 0.717) is 26.2 Å². The fourth-order valence-corrected chi connectivity index (χ4v) is 4.41. The Bertz CT molecular complexity index is 792. The summed E-state index contributed by atoms with van der Waals surface area (Å²) in [5, 5.41) is 5.74. The standard InChI is InChI=1S/C20H26N4O4/c1-14(12-23-8-10-28-11-9-23)21-17(25)13-24-18(26)20(22-19(24)27)7-6-15-4-2-3-5-16(15)20/h2-5,14H,6-13H2,1H3,(H,21,25)(H,22,27)/t14-,20+/m1/s1. The molecule has 8 nitrogen and oxygen atoms in total. The summed E-state index contributed by atoms with van der Waals surface area (Å²) in [4.78, 5) is 41.3. The first-order valence-electron chi connectivity index (χ1n) is 9.81. The van der Waals surface area contributed by atoms with Gasteiger partial charge >= 0.3 is 6.03 Å². The Hall–Kier alpha value is -2.45. The fraction of sp³-hybridized carbons (Fsp3) is 0.550. The molecule has 2 heterocycles. The zero-order chi connectivity index (χ0) is 19.7. The lowest BCUT2D eigenvalue weighted by Gasteiger charge is -2.29. The number of amides is 4. The van der Waals surface area contributed by atoms with Crippen molar-refractivity contribution in [2.45, 2.75) is 31.3 Å². The molecule has 4 rings (SSSR count). The summed E-state index contributed by atoms with van der Waals surface area (Å²) in [6.45, 7) is 5.46. The van der Waals surface area contributed by atoms with Gasteiger partial charge in [-0.15, -0.1) is 0 Å². The average Bonchev–Trinajstić information content (AvgIpc) is 3.16. The molecule has 1 aromatic rings. The van der Waals surface area contributed by atoms with Crippen LogP contribution in [0.4, 0.5) is 4.79 Å². The molecule has 28 heavy (non-hydrogen) atoms. The average molecular weight is 386 g/mol. The molecule has 3 aliphatic rings. The van der Waals surface area contributed by atoms with E-state index in [9.17, 15) is 14.4 Å². The van der Waals surface area contributed by atoms with Gasteiger partial charge in [-0.25, -0.2) is 4.79 Å². The maximum atomic E-state index is 13.1. The summed E-state index contributed by atoms with van der Waals surface area (Å²) < 4.78 is 5.33. The van der Waals surface area contributed by atoms with Crippen molar-refractivity contribution in [2.75, 3.05) is 39.4 Å². The number of rotatable bonds is 5. The molecule has 1 aliphatic carbocycles. The van der Waals surface area contributed by atoms with Gasteiger partial charge in [0.1, 0.15) is 12.1 Å². The van der Waals surface area contributed by atoms with Crippen molar-refractivity contribution in [3.8, 4) is 0 Å². The van der Waals surface area contributed by atoms with Crippen LogP contribution in [-0.4, -0.2) is 73.1 Å². The fourth-order valence-electron chi connectivity index (χ4n) is 4.41. The number of benzene rings is 1. The molecule has 2 saturated heterocycles. The highest BCUT2D eigenvalue weighted by atomic mass is 16.5. The van der Waals surface area contributed by atoms with E-state index >= 15 is 0 Å². The van der Waals surface area contributed by atoms with Gasteiger partial charge < -0.3 is 15.4 Å². The molecule has 0 aromatic heterocycles. The van der Waals surface area contributed by atoms with Crippen molar-refractivity contribution in [3.63, 3.8) is 0 Å². The molecule has 1 aromatic carbocycles. The van der Waals surface area contributed by atoms with Crippen molar-refractivity contribution < 1.29 is 19.1 Å². The third-order valence-electron chi connectivity index (χ3n) is 5.77. The number of carbonyl (C=O) groups is 3. The van der Waals surface area contributed by atoms with Gasteiger partial charge in [-0.3, -0.25) is 19.4 Å². The van der Waals surface area contributed by atoms with Crippen molar-refractivity contribution >= 4 is 17.8 Å². The van der Waals surface area contributed by atoms with Crippen LogP contribution in [-0.2, 0) is 26.3 Å². The third-order valence-corrected chi connectivity index (χ3v) is 5.77. The van der Waals surface area contributed by atoms with E-state index in [0.717, 1.165) is 35.5 Å². The topological polar surface area (TPSA) is 91.0 Å². The summed E-state index contributed by atoms with van der Waals surface area (Å²) in [6.07, 6.45) is 1.27. The predicted octanol–water partition coefficient (Wildman–Crippen LogP) is 0.217. The summed E-state index contributed by atoms with van der Waals surface area (Å²) in [5.74, 6) is -0.661. The molecule has 0 saturated carbocycles. The zero-order valence-electron chi connectivity index (χ0n) is 16.1. The van der Waals surface area contributed by atoms with E-state index in [-0.39, 0.29) is 24.4 Å². The third kappa shape index (κ3) is 3.38. The number of imide groups is 1. The second-order valence-electron chi connectivity index (χ2n) is 7.77. The highest BCUT2D eigenvalue weighted by Gasteiger charge is 2.55. The van der Waals surface area contributed by atoms with E-state index in [1.165, 1.54) is 0 Å². The van der Waals surface area contributed by atoms with Crippen LogP contribution in [0.15, 0.2) is 24.3 Å². The second-order valence-corrected chi connectivity index (χ2v) is 7.77. The maximum Gasteiger partial charge on any atom is 0.325 e. The number of ether oxygens (including phenoxy) is 1. The van der Waals surface area contributed by atoms with Crippen LogP contribution in [0.1, 0.15) is 24.5 Å². The number of fused-ring (bicyclic) bond motifs is 2. The number of aryl methyl sites for hydroxylation is 1. The molecule has 150 valence electrons. The molecule has 2 N–H and O–H groups in total. The SMILES string of the molecule is C[C@H](CN1CCOCC1)NC(=O)CN1C(=O)N[C@]2(CCc3ccccc32)C1=O. The van der Waals surface area contributed by atoms with Gasteiger partial charge in [0.05, 0.1) is 13.2 Å². The van der Waals surface area contributed by atoms with Crippen LogP contribution in [0.3, 0.4) is 0 Å². The van der Waals surface area contributed by atoms with Crippen LogP contribution in [0, 0.1) is 0 Å². The van der Waals surface area contributed by atoms with E-state index in [1.807, 2.05) is 31.2 Å². The number of nitrogens with zero attached hydrogens (tertiary/aromatic N) is 2. The molecule has 2 atom stereocenters. The van der Waals surface area contributed by atoms with E-state index in [2.05, 4.69) is 15.5 Å². The molecule has 0 bridgehead atoms. The lowest BCUT2D eigenvalue weighted by atomic mass is 9.92. The Morgan fingerprint density at radius 1 is 1.29 bits per heavy atom. The normalized spacial score (nSPS) is 25.7. The summed E-state index contributed by atoms with van der Waals surface area (Å²) >= 11 is 0. The van der Waals surface area contributed by atoms with Gasteiger partial charge in [0.15, 0.2) is 0 Å². The van der Waals surface area contributed by atoms with Crippen LogP contribution < -0.4 is 10.6 Å². The van der Waals surface area contributed by atoms with Crippen molar-refractivity contribution in [1.29, 1.82) is 0 Å². The van der Waals surface area contributed by atoms with E-state index < -0.39 is 11.6 Å². The van der Waals surface area contributed by atoms with Crippen LogP contribution in [0.5, 0.6) is 0 Å². The summed E-state index contributed by atoms with van der Waals surface area (Å²) in [6, 6.07) is 7.08. The largest absolute Gasteiger partial charge is 0.379 e. The number of hydrogen-bond acceptors (Lipinski definition) is 5. The maximum absolute atomic E-state index is 13.1. The van der Waals surface area contributed by atoms with Crippen LogP contribution in [0.25, 0.3) is 0 Å². The number of nitrogens with one attached hydrogen (secondary N) is 2. The Morgan fingerprint density at radius 3 is 2.82 bits per heavy atom. The minimum atomic E-state index is -1.02. The van der Waals surface area contributed by atoms with Gasteiger partial charge in [0.25, 0.3) is 5.91 Å². The molecule has 8 heteroatoms. The molecule has 0 unspecified atom stereocenters. The highest BCUT2D eigenvalue weighted by Crippen LogP contribution is 2.41. The number of morpholine rings is 1. The number of hydrogen-bond donors (Lipinski definition) is 2. The molecule has 1 spiro atoms. The lowest BCUT2D eigenvalue weighted by molar-refractivity contribution is -0.135. The number of carbonyl (C=O) groups excluding carboxylic acids is 3. The van der Waals surface area contributed by atoms with Gasteiger partial charge in [-0.2, -0.15) is 0 Å². The molecule has 2 aliphatic heterocycles. The summed E-state index contributed by atoms with van der Waals surface area (Å²) in [5.41, 5.74) is 0.895. The Balaban J connectivity index is 1.38. The molecular formula is C20H26N4O4. The minimum absolute atomic E-state index is 0.0764. The monoisotopic (exact) mass is 386 g/mol. The van der Waals surface area contributed by atoms with Crippen molar-refractivity contribution in [3.05, 3.63) is 35.4 Å². The minimum Gasteiger partial charge on any atom is -0.379 e. The highest BCUT2D eigenvalue weighted by molar-refractivity contribution is 6.09. The van der Waals surface area contributed by atoms with Crippen molar-refractivity contribution in [1.82, 2.24) is 20.4 Å². The Labute approximate surface area is 164 Å². The predicted molar refractivity (Wildman–Crippen MR) is 102 cm³/mol. The number of urea groups is 1. The molecule has 2 fully saturated rings. The van der Waals surface area contributed by atoms with Gasteiger partial charge in [0.2, 0.25) is 5.91 Å². The second kappa shape index (κ2) is 7.52. The van der Waals surface area contributed by atoms with E-state index in [1.54, 1.807) is 0 Å². The van der Waals surface area contributed by atoms with Gasteiger partial charge in [-0.1, -0.05) is 24.3 Å². The Morgan fingerprint density at radius 2 is 2.04 bits per heavy atom. The smallest absolute Gasteiger partial charge is 0.325 e. The van der Waals surface area contributed by atoms with Crippen LogP contribution >= 0.6 is 0 Å². The zero-order valence-corrected chi connectivity index (χ0v) is 16.1. The summed E-state index contributed by atoms with van der Waals surface area (Å²) in [7, 11) is 0. The quantitative estimate of drug-likeness (QED) is 0.707. The van der Waals surface area contributed by atoms with Crippen LogP contribution in [0.2, 0.25) is 0 Å². The first-order valence-corrected chi connectivity index (χ1v) is 9.81. The first kappa shape index (κ1) is 18.9. The first-order chi connectivity index (χ1) is 13.5. The molecular weight excluding hydrogens is 360 g/mol.